The van der Waals surface area contributed by atoms with E-state index in [0.717, 1.165) is 34.1 Å². The van der Waals surface area contributed by atoms with E-state index in [2.05, 4.69) is 15.0 Å². The van der Waals surface area contributed by atoms with E-state index >= 15 is 0 Å². The van der Waals surface area contributed by atoms with Crippen LogP contribution in [-0.4, -0.2) is 21.5 Å². The molecule has 1 aromatic carbocycles. The van der Waals surface area contributed by atoms with Crippen molar-refractivity contribution >= 4 is 27.5 Å². The molecule has 4 nitrogen and oxygen atoms in total. The normalized spacial score (nSPS) is 18.5. The molecule has 24 heavy (non-hydrogen) atoms. The molecule has 0 bridgehead atoms. The van der Waals surface area contributed by atoms with Gasteiger partial charge in [0.2, 0.25) is 5.95 Å². The number of thiazole rings is 1. The fourth-order valence-electron chi connectivity index (χ4n) is 2.94. The Kier molecular flexibility index (Phi) is 3.64. The van der Waals surface area contributed by atoms with E-state index in [1.54, 1.807) is 11.3 Å². The maximum absolute atomic E-state index is 12.9. The van der Waals surface area contributed by atoms with Gasteiger partial charge in [0.05, 0.1) is 16.3 Å². The van der Waals surface area contributed by atoms with Gasteiger partial charge in [-0.3, -0.25) is 0 Å². The van der Waals surface area contributed by atoms with Crippen LogP contribution in [0.2, 0.25) is 0 Å². The highest BCUT2D eigenvalue weighted by molar-refractivity contribution is 7.18. The average molecular weight is 350 g/mol. The molecule has 1 aliphatic rings. The standard InChI is InChI=1S/C16H13F3N4S/c17-16(18,19)13-7-8-20-15(22-13)23-9-3-5-11(23)14-21-10-4-1-2-6-12(10)24-14/h1-2,4,6-8,11H,3,5,9H2/t11-/m1/s1. The summed E-state index contributed by atoms with van der Waals surface area (Å²) in [5.74, 6) is 0.117. The summed E-state index contributed by atoms with van der Waals surface area (Å²) < 4.78 is 39.8. The zero-order valence-electron chi connectivity index (χ0n) is 12.5. The van der Waals surface area contributed by atoms with Gasteiger partial charge in [0.1, 0.15) is 10.7 Å². The predicted octanol–water partition coefficient (Wildman–Crippen LogP) is 4.45. The quantitative estimate of drug-likeness (QED) is 0.685. The van der Waals surface area contributed by atoms with Crippen molar-refractivity contribution in [2.24, 2.45) is 0 Å². The summed E-state index contributed by atoms with van der Waals surface area (Å²) in [4.78, 5) is 14.2. The van der Waals surface area contributed by atoms with Gasteiger partial charge < -0.3 is 4.90 Å². The average Bonchev–Trinajstić information content (AvgIpc) is 3.20. The van der Waals surface area contributed by atoms with Crippen molar-refractivity contribution in [1.29, 1.82) is 0 Å². The highest BCUT2D eigenvalue weighted by atomic mass is 32.1. The number of aromatic nitrogens is 3. The van der Waals surface area contributed by atoms with Gasteiger partial charge in [-0.25, -0.2) is 15.0 Å². The summed E-state index contributed by atoms with van der Waals surface area (Å²) >= 11 is 1.57. The number of anilines is 1. The molecule has 1 aliphatic heterocycles. The summed E-state index contributed by atoms with van der Waals surface area (Å²) in [7, 11) is 0. The van der Waals surface area contributed by atoms with E-state index in [1.165, 1.54) is 6.20 Å². The minimum atomic E-state index is -4.47. The van der Waals surface area contributed by atoms with Gasteiger partial charge in [-0.15, -0.1) is 11.3 Å². The fraction of sp³-hybridized carbons (Fsp3) is 0.312. The smallest absolute Gasteiger partial charge is 0.331 e. The highest BCUT2D eigenvalue weighted by Crippen LogP contribution is 2.38. The Morgan fingerprint density at radius 3 is 2.75 bits per heavy atom. The molecule has 3 heterocycles. The first-order valence-corrected chi connectivity index (χ1v) is 8.36. The van der Waals surface area contributed by atoms with Crippen molar-refractivity contribution in [1.82, 2.24) is 15.0 Å². The Balaban J connectivity index is 1.70. The Bertz CT molecular complexity index is 844. The Morgan fingerprint density at radius 1 is 1.12 bits per heavy atom. The number of benzene rings is 1. The largest absolute Gasteiger partial charge is 0.433 e. The van der Waals surface area contributed by atoms with E-state index in [4.69, 9.17) is 0 Å². The molecule has 4 rings (SSSR count). The van der Waals surface area contributed by atoms with Gasteiger partial charge in [-0.05, 0) is 31.0 Å². The lowest BCUT2D eigenvalue weighted by Crippen LogP contribution is -2.25. The molecular formula is C16H13F3N4S. The van der Waals surface area contributed by atoms with Crippen LogP contribution < -0.4 is 4.90 Å². The predicted molar refractivity (Wildman–Crippen MR) is 86.0 cm³/mol. The first kappa shape index (κ1) is 15.3. The third kappa shape index (κ3) is 2.71. The van der Waals surface area contributed by atoms with Gasteiger partial charge in [-0.2, -0.15) is 13.2 Å². The molecule has 0 radical (unpaired) electrons. The first-order valence-electron chi connectivity index (χ1n) is 7.55. The minimum absolute atomic E-state index is 0.0779. The summed E-state index contributed by atoms with van der Waals surface area (Å²) in [6.07, 6.45) is -1.60. The number of fused-ring (bicyclic) bond motifs is 1. The van der Waals surface area contributed by atoms with Gasteiger partial charge >= 0.3 is 6.18 Å². The topological polar surface area (TPSA) is 41.9 Å². The summed E-state index contributed by atoms with van der Waals surface area (Å²) in [6.45, 7) is 0.627. The number of rotatable bonds is 2. The van der Waals surface area contributed by atoms with E-state index in [9.17, 15) is 13.2 Å². The molecule has 1 fully saturated rings. The second kappa shape index (κ2) is 5.70. The van der Waals surface area contributed by atoms with Crippen molar-refractivity contribution in [2.45, 2.75) is 25.1 Å². The van der Waals surface area contributed by atoms with Crippen LogP contribution in [0, 0.1) is 0 Å². The number of halogens is 3. The van der Waals surface area contributed by atoms with Crippen molar-refractivity contribution in [3.8, 4) is 0 Å². The molecule has 0 amide bonds. The Hall–Kier alpha value is -2.22. The van der Waals surface area contributed by atoms with Crippen LogP contribution in [0.3, 0.4) is 0 Å². The lowest BCUT2D eigenvalue weighted by atomic mass is 10.2. The van der Waals surface area contributed by atoms with Crippen molar-refractivity contribution in [3.05, 3.63) is 47.2 Å². The lowest BCUT2D eigenvalue weighted by molar-refractivity contribution is -0.141. The number of nitrogens with zero attached hydrogens (tertiary/aromatic N) is 4. The number of alkyl halides is 3. The van der Waals surface area contributed by atoms with Gasteiger partial charge in [0, 0.05) is 12.7 Å². The number of hydrogen-bond donors (Lipinski definition) is 0. The molecule has 2 aromatic heterocycles. The summed E-state index contributed by atoms with van der Waals surface area (Å²) in [5.41, 5.74) is -0.00300. The fourth-order valence-corrected chi connectivity index (χ4v) is 4.06. The Labute approximate surface area is 140 Å². The first-order chi connectivity index (χ1) is 11.5. The number of para-hydroxylation sites is 1. The molecule has 0 aliphatic carbocycles. The third-order valence-corrected chi connectivity index (χ3v) is 5.18. The summed E-state index contributed by atoms with van der Waals surface area (Å²) in [5, 5.41) is 0.898. The van der Waals surface area contributed by atoms with Crippen LogP contribution in [-0.2, 0) is 6.18 Å². The molecule has 0 N–H and O–H groups in total. The SMILES string of the molecule is FC(F)(F)c1ccnc(N2CCC[C@@H]2c2nc3ccccc3s2)n1. The van der Waals surface area contributed by atoms with E-state index in [1.807, 2.05) is 29.2 Å². The van der Waals surface area contributed by atoms with Crippen molar-refractivity contribution in [2.75, 3.05) is 11.4 Å². The van der Waals surface area contributed by atoms with Gasteiger partial charge in [-0.1, -0.05) is 12.1 Å². The van der Waals surface area contributed by atoms with Crippen LogP contribution in [0.5, 0.6) is 0 Å². The summed E-state index contributed by atoms with van der Waals surface area (Å²) in [6, 6.07) is 8.63. The van der Waals surface area contributed by atoms with Gasteiger partial charge in [0.15, 0.2) is 0 Å². The molecule has 0 saturated carbocycles. The van der Waals surface area contributed by atoms with Gasteiger partial charge in [0.25, 0.3) is 0 Å². The molecule has 1 saturated heterocycles. The van der Waals surface area contributed by atoms with Crippen molar-refractivity contribution < 1.29 is 13.2 Å². The third-order valence-electron chi connectivity index (χ3n) is 4.04. The van der Waals surface area contributed by atoms with Crippen molar-refractivity contribution in [3.63, 3.8) is 0 Å². The molecule has 8 heteroatoms. The van der Waals surface area contributed by atoms with E-state index < -0.39 is 11.9 Å². The molecule has 124 valence electrons. The van der Waals surface area contributed by atoms with Crippen LogP contribution in [0.15, 0.2) is 36.5 Å². The second-order valence-electron chi connectivity index (χ2n) is 5.61. The lowest BCUT2D eigenvalue weighted by Gasteiger charge is -2.23. The maximum Gasteiger partial charge on any atom is 0.433 e. The maximum atomic E-state index is 12.9. The molecule has 0 spiro atoms. The molecule has 3 aromatic rings. The highest BCUT2D eigenvalue weighted by Gasteiger charge is 2.35. The number of hydrogen-bond acceptors (Lipinski definition) is 5. The van der Waals surface area contributed by atoms with E-state index in [0.29, 0.717) is 6.54 Å². The second-order valence-corrected chi connectivity index (χ2v) is 6.67. The zero-order chi connectivity index (χ0) is 16.7. The Morgan fingerprint density at radius 2 is 1.96 bits per heavy atom. The zero-order valence-corrected chi connectivity index (χ0v) is 13.3. The van der Waals surface area contributed by atoms with Crippen LogP contribution in [0.1, 0.15) is 29.6 Å². The molecular weight excluding hydrogens is 337 g/mol. The minimum Gasteiger partial charge on any atom is -0.331 e. The molecule has 1 atom stereocenters. The van der Waals surface area contributed by atoms with Crippen LogP contribution in [0.25, 0.3) is 10.2 Å². The molecule has 0 unspecified atom stereocenters. The monoisotopic (exact) mass is 350 g/mol. The van der Waals surface area contributed by atoms with Crippen LogP contribution >= 0.6 is 11.3 Å². The van der Waals surface area contributed by atoms with E-state index in [-0.39, 0.29) is 12.0 Å². The van der Waals surface area contributed by atoms with Crippen LogP contribution in [0.4, 0.5) is 19.1 Å².